The van der Waals surface area contributed by atoms with Crippen LogP contribution in [0.3, 0.4) is 0 Å². The molecule has 0 atom stereocenters. The molecule has 0 saturated carbocycles. The van der Waals surface area contributed by atoms with Gasteiger partial charge in [0.2, 0.25) is 5.91 Å². The number of rotatable bonds is 6. The van der Waals surface area contributed by atoms with Crippen molar-refractivity contribution in [1.82, 2.24) is 29.0 Å². The van der Waals surface area contributed by atoms with Crippen molar-refractivity contribution in [1.29, 1.82) is 0 Å². The molecule has 0 bridgehead atoms. The average Bonchev–Trinajstić information content (AvgIpc) is 3.25. The first-order valence-corrected chi connectivity index (χ1v) is 11.2. The number of halogens is 3. The van der Waals surface area contributed by atoms with E-state index in [-0.39, 0.29) is 18.4 Å². The summed E-state index contributed by atoms with van der Waals surface area (Å²) in [6.07, 6.45) is -0.0306. The SMILES string of the molecule is Cn1c(=O)c2c(ncn2CCCC(=O)NC2CCN(c3ccc(C(F)(F)F)cn3)CC2)n(C)c1=O. The van der Waals surface area contributed by atoms with E-state index in [0.29, 0.717) is 55.9 Å². The quantitative estimate of drug-likeness (QED) is 0.557. The summed E-state index contributed by atoms with van der Waals surface area (Å²) in [5.74, 6) is 0.375. The first-order chi connectivity index (χ1) is 16.6. The molecule has 3 aromatic rings. The topological polar surface area (TPSA) is 107 Å². The highest BCUT2D eigenvalue weighted by Crippen LogP contribution is 2.29. The lowest BCUT2D eigenvalue weighted by molar-refractivity contribution is -0.137. The zero-order chi connectivity index (χ0) is 25.3. The third-order valence-electron chi connectivity index (χ3n) is 6.28. The van der Waals surface area contributed by atoms with Gasteiger partial charge in [-0.15, -0.1) is 0 Å². The first kappa shape index (κ1) is 24.5. The van der Waals surface area contributed by atoms with Crippen molar-refractivity contribution in [3.8, 4) is 0 Å². The molecule has 1 N–H and O–H groups in total. The van der Waals surface area contributed by atoms with Gasteiger partial charge in [0.25, 0.3) is 5.56 Å². The Balaban J connectivity index is 1.26. The summed E-state index contributed by atoms with van der Waals surface area (Å²) < 4.78 is 42.1. The van der Waals surface area contributed by atoms with Crippen LogP contribution >= 0.6 is 0 Å². The lowest BCUT2D eigenvalue weighted by atomic mass is 10.0. The number of nitrogens with one attached hydrogen (secondary N) is 1. The van der Waals surface area contributed by atoms with Crippen molar-refractivity contribution >= 4 is 22.9 Å². The monoisotopic (exact) mass is 493 g/mol. The first-order valence-electron chi connectivity index (χ1n) is 11.2. The van der Waals surface area contributed by atoms with Gasteiger partial charge in [0.05, 0.1) is 11.9 Å². The minimum Gasteiger partial charge on any atom is -0.356 e. The fourth-order valence-electron chi connectivity index (χ4n) is 4.27. The van der Waals surface area contributed by atoms with Gasteiger partial charge in [-0.05, 0) is 31.4 Å². The van der Waals surface area contributed by atoms with Crippen LogP contribution in [0.1, 0.15) is 31.2 Å². The summed E-state index contributed by atoms with van der Waals surface area (Å²) in [6, 6.07) is 2.37. The summed E-state index contributed by atoms with van der Waals surface area (Å²) in [5, 5.41) is 3.00. The van der Waals surface area contributed by atoms with E-state index in [9.17, 15) is 27.6 Å². The average molecular weight is 493 g/mol. The van der Waals surface area contributed by atoms with Crippen molar-refractivity contribution in [3.63, 3.8) is 0 Å². The van der Waals surface area contributed by atoms with E-state index < -0.39 is 23.0 Å². The number of anilines is 1. The molecule has 3 aromatic heterocycles. The molecular formula is C22H26F3N7O3. The number of amides is 1. The predicted octanol–water partition coefficient (Wildman–Crippen LogP) is 1.41. The number of hydrogen-bond donors (Lipinski definition) is 1. The zero-order valence-corrected chi connectivity index (χ0v) is 19.4. The highest BCUT2D eigenvalue weighted by Gasteiger charge is 2.31. The number of carbonyl (C=O) groups excluding carboxylic acids is 1. The Kier molecular flexibility index (Phi) is 6.68. The number of hydrogen-bond acceptors (Lipinski definition) is 6. The molecule has 0 aromatic carbocycles. The van der Waals surface area contributed by atoms with Gasteiger partial charge in [-0.1, -0.05) is 0 Å². The highest BCUT2D eigenvalue weighted by molar-refractivity contribution is 5.76. The number of fused-ring (bicyclic) bond motifs is 1. The molecule has 1 saturated heterocycles. The molecule has 1 fully saturated rings. The molecule has 4 heterocycles. The van der Waals surface area contributed by atoms with Crippen molar-refractivity contribution < 1.29 is 18.0 Å². The number of pyridine rings is 1. The van der Waals surface area contributed by atoms with E-state index in [4.69, 9.17) is 0 Å². The van der Waals surface area contributed by atoms with E-state index in [1.54, 1.807) is 11.6 Å². The molecule has 0 spiro atoms. The maximum Gasteiger partial charge on any atom is 0.417 e. The second-order valence-electron chi connectivity index (χ2n) is 8.65. The number of alkyl halides is 3. The Morgan fingerprint density at radius 2 is 1.83 bits per heavy atom. The second-order valence-corrected chi connectivity index (χ2v) is 8.65. The second kappa shape index (κ2) is 9.55. The van der Waals surface area contributed by atoms with Crippen molar-refractivity contribution in [2.24, 2.45) is 14.1 Å². The van der Waals surface area contributed by atoms with Crippen molar-refractivity contribution in [3.05, 3.63) is 51.1 Å². The number of nitrogens with zero attached hydrogens (tertiary/aromatic N) is 6. The van der Waals surface area contributed by atoms with Crippen LogP contribution in [0.2, 0.25) is 0 Å². The Morgan fingerprint density at radius 1 is 1.11 bits per heavy atom. The lowest BCUT2D eigenvalue weighted by Gasteiger charge is -2.33. The maximum atomic E-state index is 12.7. The third-order valence-corrected chi connectivity index (χ3v) is 6.28. The molecule has 0 aliphatic carbocycles. The van der Waals surface area contributed by atoms with Crippen molar-refractivity contribution in [2.45, 2.75) is 44.4 Å². The van der Waals surface area contributed by atoms with Gasteiger partial charge in [-0.3, -0.25) is 18.7 Å². The van der Waals surface area contributed by atoms with E-state index in [2.05, 4.69) is 15.3 Å². The van der Waals surface area contributed by atoms with Crippen LogP contribution in [-0.2, 0) is 31.6 Å². The predicted molar refractivity (Wildman–Crippen MR) is 122 cm³/mol. The standard InChI is InChI=1S/C22H26F3N7O3/c1-29-19-18(20(34)30(2)21(29)35)32(13-27-19)9-3-4-17(33)28-15-7-10-31(11-8-15)16-6-5-14(12-26-16)22(23,24)25/h5-6,12-13,15H,3-4,7-11H2,1-2H3,(H,28,33). The van der Waals surface area contributed by atoms with Crippen molar-refractivity contribution in [2.75, 3.05) is 18.0 Å². The molecule has 0 unspecified atom stereocenters. The smallest absolute Gasteiger partial charge is 0.356 e. The number of imidazole rings is 1. The fourth-order valence-corrected chi connectivity index (χ4v) is 4.27. The van der Waals surface area contributed by atoms with E-state index in [1.165, 1.54) is 24.0 Å². The van der Waals surface area contributed by atoms with Gasteiger partial charge in [-0.2, -0.15) is 13.2 Å². The number of carbonyl (C=O) groups is 1. The molecule has 1 aliphatic rings. The Morgan fingerprint density at radius 3 is 2.46 bits per heavy atom. The summed E-state index contributed by atoms with van der Waals surface area (Å²) in [7, 11) is 2.96. The van der Waals surface area contributed by atoms with Crippen LogP contribution in [0.15, 0.2) is 34.2 Å². The van der Waals surface area contributed by atoms with Crippen LogP contribution in [-0.4, -0.2) is 48.7 Å². The molecular weight excluding hydrogens is 467 g/mol. The highest BCUT2D eigenvalue weighted by atomic mass is 19.4. The molecule has 35 heavy (non-hydrogen) atoms. The fraction of sp³-hybridized carbons (Fsp3) is 0.500. The van der Waals surface area contributed by atoms with Crippen LogP contribution in [0, 0.1) is 0 Å². The van der Waals surface area contributed by atoms with Crippen LogP contribution in [0.4, 0.5) is 19.0 Å². The maximum absolute atomic E-state index is 12.7. The minimum absolute atomic E-state index is 0.0240. The molecule has 1 amide bonds. The van der Waals surface area contributed by atoms with Gasteiger partial charge < -0.3 is 14.8 Å². The van der Waals surface area contributed by atoms with E-state index in [0.717, 1.165) is 16.8 Å². The Labute approximate surface area is 198 Å². The van der Waals surface area contributed by atoms with E-state index in [1.807, 2.05) is 4.90 Å². The minimum atomic E-state index is -4.42. The Bertz CT molecular complexity index is 1330. The molecule has 4 rings (SSSR count). The van der Waals surface area contributed by atoms with Crippen LogP contribution < -0.4 is 21.5 Å². The van der Waals surface area contributed by atoms with Crippen LogP contribution in [0.25, 0.3) is 11.2 Å². The van der Waals surface area contributed by atoms with E-state index >= 15 is 0 Å². The third kappa shape index (κ3) is 5.08. The van der Waals surface area contributed by atoms with Gasteiger partial charge >= 0.3 is 11.9 Å². The molecule has 13 heteroatoms. The summed E-state index contributed by atoms with van der Waals surface area (Å²) in [5.41, 5.74) is -1.04. The van der Waals surface area contributed by atoms with Gasteiger partial charge in [-0.25, -0.2) is 14.8 Å². The summed E-state index contributed by atoms with van der Waals surface area (Å²) in [6.45, 7) is 1.55. The number of aryl methyl sites for hydroxylation is 2. The molecule has 1 aliphatic heterocycles. The van der Waals surface area contributed by atoms with Gasteiger partial charge in [0.15, 0.2) is 11.2 Å². The molecule has 10 nitrogen and oxygen atoms in total. The largest absolute Gasteiger partial charge is 0.417 e. The summed E-state index contributed by atoms with van der Waals surface area (Å²) >= 11 is 0. The van der Waals surface area contributed by atoms with Gasteiger partial charge in [0.1, 0.15) is 5.82 Å². The number of piperidine rings is 1. The van der Waals surface area contributed by atoms with Crippen LogP contribution in [0.5, 0.6) is 0 Å². The molecule has 0 radical (unpaired) electrons. The normalized spacial score (nSPS) is 15.1. The lowest BCUT2D eigenvalue weighted by Crippen LogP contribution is -2.45. The number of aromatic nitrogens is 5. The van der Waals surface area contributed by atoms with Gasteiger partial charge in [0, 0.05) is 52.4 Å². The zero-order valence-electron chi connectivity index (χ0n) is 19.4. The summed E-state index contributed by atoms with van der Waals surface area (Å²) in [4.78, 5) is 46.9. The molecule has 188 valence electrons. The Hall–Kier alpha value is -3.64.